The quantitative estimate of drug-likeness (QED) is 0.782. The van der Waals surface area contributed by atoms with Gasteiger partial charge in [-0.15, -0.1) is 0 Å². The van der Waals surface area contributed by atoms with Crippen LogP contribution < -0.4 is 4.90 Å². The Morgan fingerprint density at radius 3 is 2.70 bits per heavy atom. The first kappa shape index (κ1) is 12.7. The van der Waals surface area contributed by atoms with Crippen molar-refractivity contribution in [3.8, 4) is 6.07 Å². The van der Waals surface area contributed by atoms with Crippen molar-refractivity contribution in [2.75, 3.05) is 11.4 Å². The molecule has 100 valence electrons. The summed E-state index contributed by atoms with van der Waals surface area (Å²) in [6.07, 6.45) is 4.18. The van der Waals surface area contributed by atoms with Crippen LogP contribution in [0.15, 0.2) is 36.4 Å². The van der Waals surface area contributed by atoms with Crippen LogP contribution in [-0.4, -0.2) is 18.9 Å². The van der Waals surface area contributed by atoms with Gasteiger partial charge in [-0.2, -0.15) is 5.26 Å². The summed E-state index contributed by atoms with van der Waals surface area (Å²) in [6.45, 7) is 0.902. The number of hydrogen-bond donors (Lipinski definition) is 0. The van der Waals surface area contributed by atoms with Gasteiger partial charge in [0.1, 0.15) is 6.29 Å². The maximum Gasteiger partial charge on any atom is 0.142 e. The van der Waals surface area contributed by atoms with Crippen LogP contribution in [0.1, 0.15) is 24.8 Å². The second kappa shape index (κ2) is 5.34. The molecule has 3 heteroatoms. The van der Waals surface area contributed by atoms with Gasteiger partial charge >= 0.3 is 0 Å². The van der Waals surface area contributed by atoms with Gasteiger partial charge in [0.2, 0.25) is 0 Å². The number of benzene rings is 2. The lowest BCUT2D eigenvalue weighted by Gasteiger charge is -2.35. The molecule has 1 fully saturated rings. The topological polar surface area (TPSA) is 44.1 Å². The third-order valence-corrected chi connectivity index (χ3v) is 4.04. The van der Waals surface area contributed by atoms with Crippen LogP contribution in [0.5, 0.6) is 0 Å². The molecule has 0 aliphatic carbocycles. The largest absolute Gasteiger partial charge is 0.361 e. The van der Waals surface area contributed by atoms with Gasteiger partial charge < -0.3 is 9.69 Å². The van der Waals surface area contributed by atoms with E-state index in [1.807, 2.05) is 36.4 Å². The molecular weight excluding hydrogens is 248 g/mol. The van der Waals surface area contributed by atoms with Gasteiger partial charge in [-0.1, -0.05) is 24.3 Å². The lowest BCUT2D eigenvalue weighted by molar-refractivity contribution is -0.109. The second-order valence-electron chi connectivity index (χ2n) is 5.18. The fraction of sp³-hybridized carbons (Fsp3) is 0.294. The molecule has 1 aliphatic rings. The molecule has 0 spiro atoms. The average molecular weight is 264 g/mol. The predicted octanol–water partition coefficient (Wildman–Crippen LogP) is 3.27. The van der Waals surface area contributed by atoms with Crippen LogP contribution in [0.3, 0.4) is 0 Å². The Kier molecular flexibility index (Phi) is 3.39. The van der Waals surface area contributed by atoms with Crippen LogP contribution >= 0.6 is 0 Å². The fourth-order valence-corrected chi connectivity index (χ4v) is 3.03. The zero-order chi connectivity index (χ0) is 13.9. The van der Waals surface area contributed by atoms with Crippen molar-refractivity contribution in [3.63, 3.8) is 0 Å². The molecule has 20 heavy (non-hydrogen) atoms. The van der Waals surface area contributed by atoms with Gasteiger partial charge in [0.25, 0.3) is 0 Å². The molecule has 1 heterocycles. The number of nitrogens with zero attached hydrogens (tertiary/aromatic N) is 2. The monoisotopic (exact) mass is 264 g/mol. The highest BCUT2D eigenvalue weighted by Crippen LogP contribution is 2.32. The SMILES string of the molecule is N#Cc1ccc(N2CCCCC2C=O)c2ccccc12. The summed E-state index contributed by atoms with van der Waals surface area (Å²) in [5.74, 6) is 0. The number of fused-ring (bicyclic) bond motifs is 1. The maximum absolute atomic E-state index is 11.3. The summed E-state index contributed by atoms with van der Waals surface area (Å²) in [5, 5.41) is 11.2. The summed E-state index contributed by atoms with van der Waals surface area (Å²) < 4.78 is 0. The molecule has 1 aliphatic heterocycles. The Morgan fingerprint density at radius 1 is 1.15 bits per heavy atom. The van der Waals surface area contributed by atoms with E-state index in [1.54, 1.807) is 0 Å². The second-order valence-corrected chi connectivity index (χ2v) is 5.18. The molecule has 3 rings (SSSR count). The number of hydrogen-bond acceptors (Lipinski definition) is 3. The van der Waals surface area contributed by atoms with Crippen LogP contribution in [0.2, 0.25) is 0 Å². The Labute approximate surface area is 118 Å². The molecule has 3 nitrogen and oxygen atoms in total. The lowest BCUT2D eigenvalue weighted by atomic mass is 9.98. The van der Waals surface area contributed by atoms with Crippen LogP contribution in [-0.2, 0) is 4.79 Å². The number of piperidine rings is 1. The summed E-state index contributed by atoms with van der Waals surface area (Å²) in [4.78, 5) is 13.5. The molecular formula is C17H16N2O. The minimum Gasteiger partial charge on any atom is -0.361 e. The third-order valence-electron chi connectivity index (χ3n) is 4.04. The number of rotatable bonds is 2. The molecule has 0 bridgehead atoms. The number of nitriles is 1. The molecule has 1 atom stereocenters. The number of aldehydes is 1. The Hall–Kier alpha value is -2.34. The van der Waals surface area contributed by atoms with Crippen molar-refractivity contribution in [2.45, 2.75) is 25.3 Å². The Morgan fingerprint density at radius 2 is 1.95 bits per heavy atom. The normalized spacial score (nSPS) is 18.8. The third kappa shape index (κ3) is 2.04. The summed E-state index contributed by atoms with van der Waals surface area (Å²) in [5.41, 5.74) is 1.75. The number of anilines is 1. The van der Waals surface area contributed by atoms with E-state index in [4.69, 9.17) is 0 Å². The average Bonchev–Trinajstić information content (AvgIpc) is 2.53. The number of carbonyl (C=O) groups excluding carboxylic acids is 1. The van der Waals surface area contributed by atoms with Gasteiger partial charge in [-0.25, -0.2) is 0 Å². The first-order chi connectivity index (χ1) is 9.85. The zero-order valence-corrected chi connectivity index (χ0v) is 11.2. The smallest absolute Gasteiger partial charge is 0.142 e. The van der Waals surface area contributed by atoms with Crippen LogP contribution in [0.4, 0.5) is 5.69 Å². The van der Waals surface area contributed by atoms with Gasteiger partial charge in [0.05, 0.1) is 17.7 Å². The Bertz CT molecular complexity index is 687. The van der Waals surface area contributed by atoms with Gasteiger partial charge in [-0.3, -0.25) is 0 Å². The van der Waals surface area contributed by atoms with Gasteiger partial charge in [0, 0.05) is 23.0 Å². The molecule has 0 radical (unpaired) electrons. The van der Waals surface area contributed by atoms with E-state index in [0.717, 1.165) is 48.6 Å². The summed E-state index contributed by atoms with van der Waals surface area (Å²) in [6, 6.07) is 13.9. The van der Waals surface area contributed by atoms with E-state index in [1.165, 1.54) is 0 Å². The van der Waals surface area contributed by atoms with E-state index in [2.05, 4.69) is 11.0 Å². The molecule has 0 amide bonds. The van der Waals surface area contributed by atoms with Crippen LogP contribution in [0, 0.1) is 11.3 Å². The molecule has 1 unspecified atom stereocenters. The molecule has 0 N–H and O–H groups in total. The highest BCUT2D eigenvalue weighted by molar-refractivity contribution is 5.98. The predicted molar refractivity (Wildman–Crippen MR) is 79.7 cm³/mol. The Balaban J connectivity index is 2.17. The molecule has 0 aromatic heterocycles. The molecule has 2 aromatic rings. The van der Waals surface area contributed by atoms with E-state index in [9.17, 15) is 10.1 Å². The van der Waals surface area contributed by atoms with Crippen LogP contribution in [0.25, 0.3) is 10.8 Å². The minimum atomic E-state index is -0.0416. The highest BCUT2D eigenvalue weighted by Gasteiger charge is 2.23. The maximum atomic E-state index is 11.3. The summed E-state index contributed by atoms with van der Waals surface area (Å²) >= 11 is 0. The first-order valence-electron chi connectivity index (χ1n) is 6.99. The van der Waals surface area contributed by atoms with E-state index < -0.39 is 0 Å². The molecule has 0 saturated carbocycles. The fourth-order valence-electron chi connectivity index (χ4n) is 3.03. The highest BCUT2D eigenvalue weighted by atomic mass is 16.1. The zero-order valence-electron chi connectivity index (χ0n) is 11.2. The van der Waals surface area contributed by atoms with Crippen molar-refractivity contribution in [2.24, 2.45) is 0 Å². The van der Waals surface area contributed by atoms with E-state index in [0.29, 0.717) is 5.56 Å². The summed E-state index contributed by atoms with van der Waals surface area (Å²) in [7, 11) is 0. The van der Waals surface area contributed by atoms with Gasteiger partial charge in [0.15, 0.2) is 0 Å². The molecule has 1 saturated heterocycles. The van der Waals surface area contributed by atoms with Crippen molar-refractivity contribution in [3.05, 3.63) is 42.0 Å². The number of carbonyl (C=O) groups is 1. The van der Waals surface area contributed by atoms with Crippen molar-refractivity contribution in [1.82, 2.24) is 0 Å². The lowest BCUT2D eigenvalue weighted by Crippen LogP contribution is -2.40. The van der Waals surface area contributed by atoms with E-state index in [-0.39, 0.29) is 6.04 Å². The molecule has 2 aromatic carbocycles. The van der Waals surface area contributed by atoms with Gasteiger partial charge in [-0.05, 0) is 31.4 Å². The van der Waals surface area contributed by atoms with Crippen molar-refractivity contribution >= 4 is 22.7 Å². The first-order valence-corrected chi connectivity index (χ1v) is 6.99. The minimum absolute atomic E-state index is 0.0416. The van der Waals surface area contributed by atoms with Crippen molar-refractivity contribution < 1.29 is 4.79 Å². The van der Waals surface area contributed by atoms with E-state index >= 15 is 0 Å². The standard InChI is InChI=1S/C17H16N2O/c18-11-13-8-9-17(16-7-2-1-6-15(13)16)19-10-4-3-5-14(19)12-20/h1-2,6-9,12,14H,3-5,10H2. The van der Waals surface area contributed by atoms with Crippen molar-refractivity contribution in [1.29, 1.82) is 5.26 Å².